The van der Waals surface area contributed by atoms with E-state index in [4.69, 9.17) is 4.74 Å². The van der Waals surface area contributed by atoms with E-state index < -0.39 is 21.9 Å². The Hall–Kier alpha value is -1.23. The maximum Gasteiger partial charge on any atom is 0.433 e. The normalized spacial score (nSPS) is 29.3. The Kier molecular flexibility index (Phi) is 5.65. The van der Waals surface area contributed by atoms with E-state index >= 15 is 0 Å². The van der Waals surface area contributed by atoms with Crippen LogP contribution in [-0.2, 0) is 20.9 Å². The molecule has 1 saturated carbocycles. The average molecular weight is 433 g/mol. The molecule has 3 aliphatic rings. The minimum atomic E-state index is -4.59. The van der Waals surface area contributed by atoms with Gasteiger partial charge in [-0.3, -0.25) is 0 Å². The highest BCUT2D eigenvalue weighted by molar-refractivity contribution is 7.89. The minimum Gasteiger partial charge on any atom is -0.381 e. The number of alkyl halides is 3. The summed E-state index contributed by atoms with van der Waals surface area (Å²) in [6, 6.07) is 2.63. The van der Waals surface area contributed by atoms with Gasteiger partial charge in [0.1, 0.15) is 10.6 Å². The molecule has 6 nitrogen and oxygen atoms in total. The molecule has 10 heteroatoms. The van der Waals surface area contributed by atoms with Crippen molar-refractivity contribution in [3.8, 4) is 0 Å². The molecule has 0 aromatic carbocycles. The van der Waals surface area contributed by atoms with Crippen molar-refractivity contribution in [1.82, 2.24) is 14.6 Å². The van der Waals surface area contributed by atoms with Gasteiger partial charge in [0.25, 0.3) is 0 Å². The number of fused-ring (bicyclic) bond motifs is 1. The van der Waals surface area contributed by atoms with Gasteiger partial charge in [0.15, 0.2) is 0 Å². The van der Waals surface area contributed by atoms with Crippen molar-refractivity contribution in [2.24, 2.45) is 11.8 Å². The van der Waals surface area contributed by atoms with Crippen molar-refractivity contribution in [3.63, 3.8) is 0 Å². The van der Waals surface area contributed by atoms with Crippen molar-refractivity contribution < 1.29 is 26.3 Å². The van der Waals surface area contributed by atoms with Gasteiger partial charge >= 0.3 is 6.18 Å². The van der Waals surface area contributed by atoms with Crippen LogP contribution in [0.3, 0.4) is 0 Å². The Bertz CT molecular complexity index is 842. The lowest BCUT2D eigenvalue weighted by Gasteiger charge is -2.27. The highest BCUT2D eigenvalue weighted by atomic mass is 32.2. The monoisotopic (exact) mass is 433 g/mol. The zero-order valence-electron chi connectivity index (χ0n) is 16.3. The fourth-order valence-corrected chi connectivity index (χ4v) is 6.62. The molecule has 3 heterocycles. The third kappa shape index (κ3) is 4.30. The van der Waals surface area contributed by atoms with Gasteiger partial charge in [0, 0.05) is 38.4 Å². The second-order valence-electron chi connectivity index (χ2n) is 8.34. The number of aromatic nitrogens is 1. The van der Waals surface area contributed by atoms with E-state index in [-0.39, 0.29) is 22.4 Å². The molecule has 0 spiro atoms. The molecular formula is C19H26F3N3O3S. The number of nitrogens with zero attached hydrogens (tertiary/aromatic N) is 2. The van der Waals surface area contributed by atoms with Gasteiger partial charge in [-0.1, -0.05) is 0 Å². The molecule has 4 rings (SSSR count). The quantitative estimate of drug-likeness (QED) is 0.790. The highest BCUT2D eigenvalue weighted by Crippen LogP contribution is 2.41. The van der Waals surface area contributed by atoms with Crippen LogP contribution in [0.15, 0.2) is 17.0 Å². The fourth-order valence-electron chi connectivity index (χ4n) is 4.90. The van der Waals surface area contributed by atoms with Crippen LogP contribution < -0.4 is 5.32 Å². The first-order valence-corrected chi connectivity index (χ1v) is 11.5. The number of ether oxygens (including phenoxy) is 1. The van der Waals surface area contributed by atoms with E-state index in [1.54, 1.807) is 0 Å². The smallest absolute Gasteiger partial charge is 0.381 e. The van der Waals surface area contributed by atoms with Gasteiger partial charge < -0.3 is 10.1 Å². The summed E-state index contributed by atoms with van der Waals surface area (Å²) in [6.45, 7) is 3.71. The topological polar surface area (TPSA) is 71.5 Å². The second-order valence-corrected chi connectivity index (χ2v) is 10.2. The number of aryl methyl sites for hydroxylation is 1. The maximum atomic E-state index is 13.0. The SMILES string of the molecule is Cc1nc(C(F)(F)F)ccc1S(=O)(=O)N1CC2CC(NC3CCOCC3)CC2C1. The Morgan fingerprint density at radius 2 is 1.72 bits per heavy atom. The van der Waals surface area contributed by atoms with Crippen molar-refractivity contribution in [1.29, 1.82) is 0 Å². The van der Waals surface area contributed by atoms with Crippen LogP contribution in [0.5, 0.6) is 0 Å². The molecule has 2 unspecified atom stereocenters. The summed E-state index contributed by atoms with van der Waals surface area (Å²) in [6.07, 6.45) is -0.722. The van der Waals surface area contributed by atoms with Crippen LogP contribution in [0.4, 0.5) is 13.2 Å². The van der Waals surface area contributed by atoms with E-state index in [1.165, 1.54) is 11.2 Å². The number of nitrogens with one attached hydrogen (secondary N) is 1. The van der Waals surface area contributed by atoms with Crippen LogP contribution in [0.25, 0.3) is 0 Å². The molecule has 29 heavy (non-hydrogen) atoms. The highest BCUT2D eigenvalue weighted by Gasteiger charge is 2.45. The zero-order valence-corrected chi connectivity index (χ0v) is 17.1. The van der Waals surface area contributed by atoms with Gasteiger partial charge in [-0.05, 0) is 56.6 Å². The molecule has 1 N–H and O–H groups in total. The first-order valence-electron chi connectivity index (χ1n) is 10.0. The fraction of sp³-hybridized carbons (Fsp3) is 0.737. The van der Waals surface area contributed by atoms with Crippen LogP contribution in [0, 0.1) is 18.8 Å². The zero-order chi connectivity index (χ0) is 20.8. The van der Waals surface area contributed by atoms with Crippen molar-refractivity contribution in [2.75, 3.05) is 26.3 Å². The van der Waals surface area contributed by atoms with E-state index in [0.29, 0.717) is 25.2 Å². The Morgan fingerprint density at radius 1 is 1.10 bits per heavy atom. The maximum absolute atomic E-state index is 13.0. The summed E-state index contributed by atoms with van der Waals surface area (Å²) in [5.41, 5.74) is -1.19. The standard InChI is InChI=1S/C19H26F3N3O3S/c1-12-17(2-3-18(23-12)19(20,21)22)29(26,27)25-10-13-8-16(9-14(13)11-25)24-15-4-6-28-7-5-15/h2-3,13-16,24H,4-11H2,1H3. The molecule has 162 valence electrons. The summed E-state index contributed by atoms with van der Waals surface area (Å²) >= 11 is 0. The van der Waals surface area contributed by atoms with Crippen molar-refractivity contribution >= 4 is 10.0 Å². The van der Waals surface area contributed by atoms with E-state index in [9.17, 15) is 21.6 Å². The number of rotatable bonds is 4. The van der Waals surface area contributed by atoms with Crippen LogP contribution >= 0.6 is 0 Å². The Balaban J connectivity index is 1.41. The van der Waals surface area contributed by atoms with Crippen molar-refractivity contribution in [3.05, 3.63) is 23.5 Å². The van der Waals surface area contributed by atoms with Gasteiger partial charge in [-0.15, -0.1) is 0 Å². The summed E-state index contributed by atoms with van der Waals surface area (Å²) in [5, 5.41) is 3.70. The van der Waals surface area contributed by atoms with Gasteiger partial charge in [0.05, 0.1) is 5.69 Å². The summed E-state index contributed by atoms with van der Waals surface area (Å²) in [7, 11) is -3.85. The van der Waals surface area contributed by atoms with Gasteiger partial charge in [0.2, 0.25) is 10.0 Å². The van der Waals surface area contributed by atoms with Gasteiger partial charge in [-0.25, -0.2) is 13.4 Å². The predicted octanol–water partition coefficient (Wildman–Crippen LogP) is 2.58. The minimum absolute atomic E-state index is 0.115. The van der Waals surface area contributed by atoms with E-state index in [2.05, 4.69) is 10.3 Å². The molecule has 2 aliphatic heterocycles. The molecule has 1 aromatic heterocycles. The second kappa shape index (κ2) is 7.79. The van der Waals surface area contributed by atoms with Crippen molar-refractivity contribution in [2.45, 2.75) is 55.8 Å². The average Bonchev–Trinajstić information content (AvgIpc) is 3.20. The lowest BCUT2D eigenvalue weighted by atomic mass is 10.0. The molecule has 0 bridgehead atoms. The first kappa shape index (κ1) is 21.0. The third-order valence-electron chi connectivity index (χ3n) is 6.36. The summed E-state index contributed by atoms with van der Waals surface area (Å²) in [5.74, 6) is 0.564. The van der Waals surface area contributed by atoms with Crippen LogP contribution in [0.1, 0.15) is 37.1 Å². The largest absolute Gasteiger partial charge is 0.433 e. The lowest BCUT2D eigenvalue weighted by Crippen LogP contribution is -2.41. The Labute approximate surface area is 168 Å². The molecule has 1 aromatic rings. The molecule has 0 radical (unpaired) electrons. The van der Waals surface area contributed by atoms with E-state index in [1.807, 2.05) is 0 Å². The first-order chi connectivity index (χ1) is 13.6. The summed E-state index contributed by atoms with van der Waals surface area (Å²) < 4.78 is 71.3. The lowest BCUT2D eigenvalue weighted by molar-refractivity contribution is -0.141. The molecule has 3 fully saturated rings. The third-order valence-corrected chi connectivity index (χ3v) is 8.32. The summed E-state index contributed by atoms with van der Waals surface area (Å²) in [4.78, 5) is 3.34. The number of sulfonamides is 1. The van der Waals surface area contributed by atoms with Crippen LogP contribution in [0.2, 0.25) is 0 Å². The van der Waals surface area contributed by atoms with Crippen LogP contribution in [-0.4, -0.2) is 56.1 Å². The molecular weight excluding hydrogens is 407 g/mol. The van der Waals surface area contributed by atoms with Gasteiger partial charge in [-0.2, -0.15) is 17.5 Å². The van der Waals surface area contributed by atoms with E-state index in [0.717, 1.165) is 51.0 Å². The predicted molar refractivity (Wildman–Crippen MR) is 99.7 cm³/mol. The number of hydrogen-bond acceptors (Lipinski definition) is 5. The number of pyridine rings is 1. The Morgan fingerprint density at radius 3 is 2.28 bits per heavy atom. The number of hydrogen-bond donors (Lipinski definition) is 1. The molecule has 0 amide bonds. The molecule has 2 atom stereocenters. The number of halogens is 3. The molecule has 1 aliphatic carbocycles. The molecule has 2 saturated heterocycles.